The van der Waals surface area contributed by atoms with E-state index in [1.807, 2.05) is 0 Å². The van der Waals surface area contributed by atoms with Gasteiger partial charge < -0.3 is 15.1 Å². The van der Waals surface area contributed by atoms with Gasteiger partial charge in [0.25, 0.3) is 0 Å². The summed E-state index contributed by atoms with van der Waals surface area (Å²) < 4.78 is 5.14. The first-order chi connectivity index (χ1) is 9.66. The minimum Gasteiger partial charge on any atom is -0.467 e. The lowest BCUT2D eigenvalue weighted by atomic mass is 9.88. The molecule has 2 rings (SSSR count). The van der Waals surface area contributed by atoms with Gasteiger partial charge in [-0.05, 0) is 31.9 Å². The predicted molar refractivity (Wildman–Crippen MR) is 74.7 cm³/mol. The fourth-order valence-electron chi connectivity index (χ4n) is 2.50. The SMILES string of the molecule is C[C@@H](NC(=O)C1CCCCC1)C(=O)NCc1ccco1. The zero-order chi connectivity index (χ0) is 14.4. The zero-order valence-corrected chi connectivity index (χ0v) is 11.9. The third-order valence-electron chi connectivity index (χ3n) is 3.74. The molecule has 1 atom stereocenters. The summed E-state index contributed by atoms with van der Waals surface area (Å²) in [4.78, 5) is 23.9. The van der Waals surface area contributed by atoms with Crippen molar-refractivity contribution < 1.29 is 14.0 Å². The van der Waals surface area contributed by atoms with Gasteiger partial charge in [0.1, 0.15) is 11.8 Å². The average molecular weight is 278 g/mol. The first-order valence-corrected chi connectivity index (χ1v) is 7.27. The molecule has 0 spiro atoms. The number of carbonyl (C=O) groups excluding carboxylic acids is 2. The number of rotatable bonds is 5. The maximum atomic E-state index is 12.0. The van der Waals surface area contributed by atoms with Crippen LogP contribution in [-0.4, -0.2) is 17.9 Å². The maximum Gasteiger partial charge on any atom is 0.242 e. The van der Waals surface area contributed by atoms with Crippen molar-refractivity contribution in [2.24, 2.45) is 5.92 Å². The normalized spacial score (nSPS) is 17.4. The van der Waals surface area contributed by atoms with E-state index in [1.165, 1.54) is 6.42 Å². The minimum absolute atomic E-state index is 0.00495. The van der Waals surface area contributed by atoms with Crippen LogP contribution in [0.4, 0.5) is 0 Å². The Labute approximate surface area is 119 Å². The standard InChI is InChI=1S/C15H22N2O3/c1-11(14(18)16-10-13-8-5-9-20-13)17-15(19)12-6-3-2-4-7-12/h5,8-9,11-12H,2-4,6-7,10H2,1H3,(H,16,18)(H,17,19)/t11-/m1/s1. The Balaban J connectivity index is 1.73. The lowest BCUT2D eigenvalue weighted by Gasteiger charge is -2.22. The van der Waals surface area contributed by atoms with E-state index in [0.29, 0.717) is 12.3 Å². The van der Waals surface area contributed by atoms with Crippen molar-refractivity contribution in [3.05, 3.63) is 24.2 Å². The van der Waals surface area contributed by atoms with Crippen LogP contribution in [-0.2, 0) is 16.1 Å². The molecular formula is C15H22N2O3. The van der Waals surface area contributed by atoms with Crippen LogP contribution in [0.15, 0.2) is 22.8 Å². The molecule has 1 aliphatic rings. The Hall–Kier alpha value is -1.78. The van der Waals surface area contributed by atoms with Crippen LogP contribution in [0.1, 0.15) is 44.8 Å². The highest BCUT2D eigenvalue weighted by molar-refractivity contribution is 5.88. The van der Waals surface area contributed by atoms with Gasteiger partial charge in [0, 0.05) is 5.92 Å². The van der Waals surface area contributed by atoms with Gasteiger partial charge in [-0.3, -0.25) is 9.59 Å². The topological polar surface area (TPSA) is 71.3 Å². The Kier molecular flexibility index (Phi) is 5.21. The van der Waals surface area contributed by atoms with Gasteiger partial charge >= 0.3 is 0 Å². The summed E-state index contributed by atoms with van der Waals surface area (Å²) >= 11 is 0. The highest BCUT2D eigenvalue weighted by Gasteiger charge is 2.24. The second-order valence-electron chi connectivity index (χ2n) is 5.36. The maximum absolute atomic E-state index is 12.0. The summed E-state index contributed by atoms with van der Waals surface area (Å²) in [5.74, 6) is 0.587. The molecular weight excluding hydrogens is 256 g/mol. The fraction of sp³-hybridized carbons (Fsp3) is 0.600. The van der Waals surface area contributed by atoms with E-state index in [4.69, 9.17) is 4.42 Å². The molecule has 110 valence electrons. The second-order valence-corrected chi connectivity index (χ2v) is 5.36. The molecule has 1 aromatic rings. The average Bonchev–Trinajstić information content (AvgIpc) is 2.98. The molecule has 0 radical (unpaired) electrons. The van der Waals surface area contributed by atoms with Crippen molar-refractivity contribution >= 4 is 11.8 Å². The van der Waals surface area contributed by atoms with Crippen LogP contribution in [0.25, 0.3) is 0 Å². The summed E-state index contributed by atoms with van der Waals surface area (Å²) in [5, 5.41) is 5.54. The summed E-state index contributed by atoms with van der Waals surface area (Å²) in [6.45, 7) is 2.05. The third-order valence-corrected chi connectivity index (χ3v) is 3.74. The zero-order valence-electron chi connectivity index (χ0n) is 11.9. The van der Waals surface area contributed by atoms with E-state index in [-0.39, 0.29) is 17.7 Å². The number of hydrogen-bond acceptors (Lipinski definition) is 3. The molecule has 1 heterocycles. The van der Waals surface area contributed by atoms with E-state index in [9.17, 15) is 9.59 Å². The monoisotopic (exact) mass is 278 g/mol. The number of furan rings is 1. The predicted octanol–water partition coefficient (Wildman–Crippen LogP) is 1.98. The van der Waals surface area contributed by atoms with Crippen LogP contribution in [0.2, 0.25) is 0 Å². The highest BCUT2D eigenvalue weighted by atomic mass is 16.3. The van der Waals surface area contributed by atoms with Crippen molar-refractivity contribution in [3.8, 4) is 0 Å². The molecule has 0 aromatic carbocycles. The van der Waals surface area contributed by atoms with Crippen LogP contribution in [0.5, 0.6) is 0 Å². The summed E-state index contributed by atoms with van der Waals surface area (Å²) in [5.41, 5.74) is 0. The number of amides is 2. The van der Waals surface area contributed by atoms with Crippen LogP contribution in [0.3, 0.4) is 0 Å². The molecule has 0 aliphatic heterocycles. The lowest BCUT2D eigenvalue weighted by Crippen LogP contribution is -2.46. The van der Waals surface area contributed by atoms with Crippen LogP contribution < -0.4 is 10.6 Å². The first-order valence-electron chi connectivity index (χ1n) is 7.27. The molecule has 1 saturated carbocycles. The largest absolute Gasteiger partial charge is 0.467 e. The van der Waals surface area contributed by atoms with Crippen molar-refractivity contribution in [1.82, 2.24) is 10.6 Å². The van der Waals surface area contributed by atoms with Gasteiger partial charge in [-0.25, -0.2) is 0 Å². The van der Waals surface area contributed by atoms with Crippen molar-refractivity contribution in [2.45, 2.75) is 51.6 Å². The molecule has 2 amide bonds. The Morgan fingerprint density at radius 1 is 1.35 bits per heavy atom. The van der Waals surface area contributed by atoms with E-state index in [2.05, 4.69) is 10.6 Å². The van der Waals surface area contributed by atoms with Gasteiger partial charge in [-0.2, -0.15) is 0 Å². The molecule has 1 fully saturated rings. The van der Waals surface area contributed by atoms with Crippen LogP contribution >= 0.6 is 0 Å². The molecule has 0 unspecified atom stereocenters. The second kappa shape index (κ2) is 7.12. The Morgan fingerprint density at radius 3 is 2.75 bits per heavy atom. The number of carbonyl (C=O) groups is 2. The molecule has 1 aromatic heterocycles. The Morgan fingerprint density at radius 2 is 2.10 bits per heavy atom. The Bertz CT molecular complexity index is 436. The van der Waals surface area contributed by atoms with Crippen LogP contribution in [0, 0.1) is 5.92 Å². The third kappa shape index (κ3) is 4.11. The molecule has 20 heavy (non-hydrogen) atoms. The van der Waals surface area contributed by atoms with Gasteiger partial charge in [0.15, 0.2) is 0 Å². The van der Waals surface area contributed by atoms with E-state index < -0.39 is 6.04 Å². The minimum atomic E-state index is -0.514. The van der Waals surface area contributed by atoms with Gasteiger partial charge in [0.2, 0.25) is 11.8 Å². The van der Waals surface area contributed by atoms with Gasteiger partial charge in [-0.15, -0.1) is 0 Å². The van der Waals surface area contributed by atoms with E-state index in [0.717, 1.165) is 25.7 Å². The molecule has 0 saturated heterocycles. The van der Waals surface area contributed by atoms with Crippen molar-refractivity contribution in [2.75, 3.05) is 0 Å². The first kappa shape index (κ1) is 14.6. The highest BCUT2D eigenvalue weighted by Crippen LogP contribution is 2.23. The molecule has 1 aliphatic carbocycles. The lowest BCUT2D eigenvalue weighted by molar-refractivity contribution is -0.131. The quantitative estimate of drug-likeness (QED) is 0.865. The fourth-order valence-corrected chi connectivity index (χ4v) is 2.50. The molecule has 0 bridgehead atoms. The number of hydrogen-bond donors (Lipinski definition) is 2. The van der Waals surface area contributed by atoms with Gasteiger partial charge in [0.05, 0.1) is 12.8 Å². The summed E-state index contributed by atoms with van der Waals surface area (Å²) in [7, 11) is 0. The molecule has 5 heteroatoms. The van der Waals surface area contributed by atoms with E-state index in [1.54, 1.807) is 25.3 Å². The van der Waals surface area contributed by atoms with E-state index >= 15 is 0 Å². The van der Waals surface area contributed by atoms with Crippen molar-refractivity contribution in [1.29, 1.82) is 0 Å². The molecule has 5 nitrogen and oxygen atoms in total. The summed E-state index contributed by atoms with van der Waals surface area (Å²) in [6.07, 6.45) is 6.87. The molecule has 2 N–H and O–H groups in total. The van der Waals surface area contributed by atoms with Gasteiger partial charge in [-0.1, -0.05) is 19.3 Å². The number of nitrogens with one attached hydrogen (secondary N) is 2. The van der Waals surface area contributed by atoms with Crippen molar-refractivity contribution in [3.63, 3.8) is 0 Å². The summed E-state index contributed by atoms with van der Waals surface area (Å²) in [6, 6.07) is 3.06. The smallest absolute Gasteiger partial charge is 0.242 e.